The largest absolute Gasteiger partial charge is 0.504 e. The van der Waals surface area contributed by atoms with Crippen LogP contribution < -0.4 is 10.1 Å². The first kappa shape index (κ1) is 27.6. The Kier molecular flexibility index (Phi) is 8.18. The van der Waals surface area contributed by atoms with Crippen LogP contribution in [0, 0.1) is 6.92 Å². The monoisotopic (exact) mass is 529 g/mol. The quantitative estimate of drug-likeness (QED) is 0.337. The van der Waals surface area contributed by atoms with Gasteiger partial charge >= 0.3 is 0 Å². The summed E-state index contributed by atoms with van der Waals surface area (Å²) in [4.78, 5) is 29.4. The van der Waals surface area contributed by atoms with E-state index < -0.39 is 11.6 Å². The van der Waals surface area contributed by atoms with Crippen LogP contribution >= 0.6 is 0 Å². The van der Waals surface area contributed by atoms with Crippen LogP contribution in [-0.2, 0) is 22.6 Å². The predicted octanol–water partition coefficient (Wildman–Crippen LogP) is 4.18. The second-order valence-corrected chi connectivity index (χ2v) is 10.6. The molecule has 0 fully saturated rings. The molecule has 1 heterocycles. The van der Waals surface area contributed by atoms with Crippen LogP contribution in [0.5, 0.6) is 11.5 Å². The second kappa shape index (κ2) is 11.6. The third-order valence-corrected chi connectivity index (χ3v) is 6.49. The summed E-state index contributed by atoms with van der Waals surface area (Å²) in [7, 11) is 1.46. The van der Waals surface area contributed by atoms with E-state index in [0.29, 0.717) is 17.5 Å². The second-order valence-electron chi connectivity index (χ2n) is 10.6. The minimum atomic E-state index is -1.01. The zero-order valence-electron chi connectivity index (χ0n) is 23.0. The maximum Gasteiger partial charge on any atom is 0.247 e. The van der Waals surface area contributed by atoms with Gasteiger partial charge in [0.2, 0.25) is 11.8 Å². The number of phenols is 1. The number of benzene rings is 3. The van der Waals surface area contributed by atoms with E-state index in [2.05, 4.69) is 15.6 Å². The fraction of sp³-hybridized carbons (Fsp3) is 0.333. The summed E-state index contributed by atoms with van der Waals surface area (Å²) in [6.07, 6.45) is 0.540. The van der Waals surface area contributed by atoms with Crippen molar-refractivity contribution < 1.29 is 19.4 Å². The van der Waals surface area contributed by atoms with Gasteiger partial charge in [0.1, 0.15) is 18.1 Å². The number of carbonyl (C=O) groups excluding carboxylic acids is 2. The maximum atomic E-state index is 14.0. The predicted molar refractivity (Wildman–Crippen MR) is 149 cm³/mol. The number of hydrogen-bond acceptors (Lipinski definition) is 6. The molecule has 0 aliphatic rings. The standard InChI is InChI=1S/C30H35N5O4/c1-20-10-6-7-11-21(20)16-17-34(27(37)19-35-24-13-9-8-12-23(24)32-33-35)28(29(38)31-30(2,3)4)22-14-15-26(39-5)25(36)18-22/h6-15,18,28,36H,16-17,19H2,1-5H3,(H,31,38)/t28-/m1/s1. The van der Waals surface area contributed by atoms with Crippen LogP contribution in [0.3, 0.4) is 0 Å². The zero-order chi connectivity index (χ0) is 28.2. The highest BCUT2D eigenvalue weighted by Crippen LogP contribution is 2.32. The molecule has 1 aromatic heterocycles. The van der Waals surface area contributed by atoms with Crippen LogP contribution in [0.25, 0.3) is 11.0 Å². The number of aromatic hydroxyl groups is 1. The van der Waals surface area contributed by atoms with E-state index in [0.717, 1.165) is 16.6 Å². The molecule has 4 rings (SSSR count). The van der Waals surface area contributed by atoms with Crippen molar-refractivity contribution in [3.8, 4) is 11.5 Å². The summed E-state index contributed by atoms with van der Waals surface area (Å²) in [6, 6.07) is 19.1. The van der Waals surface area contributed by atoms with Crippen molar-refractivity contribution in [2.75, 3.05) is 13.7 Å². The SMILES string of the molecule is COc1ccc([C@H](C(=O)NC(C)(C)C)N(CCc2ccccc2C)C(=O)Cn2nnc3ccccc32)cc1O. The summed E-state index contributed by atoms with van der Waals surface area (Å²) >= 11 is 0. The Bertz CT molecular complexity index is 1470. The fourth-order valence-electron chi connectivity index (χ4n) is 4.57. The number of carbonyl (C=O) groups is 2. The minimum absolute atomic E-state index is 0.101. The van der Waals surface area contributed by atoms with E-state index in [4.69, 9.17) is 4.74 Å². The Morgan fingerprint density at radius 2 is 1.79 bits per heavy atom. The van der Waals surface area contributed by atoms with Gasteiger partial charge in [0.25, 0.3) is 0 Å². The Morgan fingerprint density at radius 3 is 2.49 bits per heavy atom. The van der Waals surface area contributed by atoms with Crippen molar-refractivity contribution in [1.29, 1.82) is 0 Å². The molecular formula is C30H35N5O4. The number of ether oxygens (including phenoxy) is 1. The average Bonchev–Trinajstić information content (AvgIpc) is 3.29. The number of nitrogens with zero attached hydrogens (tertiary/aromatic N) is 4. The van der Waals surface area contributed by atoms with Crippen LogP contribution in [0.2, 0.25) is 0 Å². The molecule has 1 atom stereocenters. The minimum Gasteiger partial charge on any atom is -0.504 e. The lowest BCUT2D eigenvalue weighted by Gasteiger charge is -2.34. The van der Waals surface area contributed by atoms with E-state index in [1.807, 2.05) is 76.2 Å². The molecule has 2 amide bonds. The normalized spacial score (nSPS) is 12.2. The third kappa shape index (κ3) is 6.54. The number of fused-ring (bicyclic) bond motifs is 1. The van der Waals surface area contributed by atoms with Crippen molar-refractivity contribution in [2.45, 2.75) is 52.2 Å². The van der Waals surface area contributed by atoms with E-state index >= 15 is 0 Å². The van der Waals surface area contributed by atoms with E-state index in [1.54, 1.807) is 21.7 Å². The number of aromatic nitrogens is 3. The summed E-state index contributed by atoms with van der Waals surface area (Å²) in [5.74, 6) is -0.491. The number of para-hydroxylation sites is 1. The van der Waals surface area contributed by atoms with Crippen LogP contribution in [0.1, 0.15) is 43.5 Å². The lowest BCUT2D eigenvalue weighted by molar-refractivity contribution is -0.142. The van der Waals surface area contributed by atoms with E-state index in [-0.39, 0.29) is 36.4 Å². The van der Waals surface area contributed by atoms with Crippen molar-refractivity contribution in [1.82, 2.24) is 25.2 Å². The molecule has 2 N–H and O–H groups in total. The van der Waals surface area contributed by atoms with Gasteiger partial charge < -0.3 is 20.1 Å². The Balaban J connectivity index is 1.76. The van der Waals surface area contributed by atoms with Gasteiger partial charge in [-0.1, -0.05) is 47.7 Å². The Hall–Kier alpha value is -4.40. The molecule has 0 aliphatic heterocycles. The van der Waals surface area contributed by atoms with Gasteiger partial charge in [-0.15, -0.1) is 5.10 Å². The van der Waals surface area contributed by atoms with Crippen LogP contribution in [-0.4, -0.2) is 56.0 Å². The van der Waals surface area contributed by atoms with Gasteiger partial charge in [-0.05, 0) is 75.1 Å². The van der Waals surface area contributed by atoms with E-state index in [1.165, 1.54) is 13.2 Å². The molecule has 3 aromatic carbocycles. The molecule has 0 unspecified atom stereocenters. The lowest BCUT2D eigenvalue weighted by Crippen LogP contribution is -2.50. The highest BCUT2D eigenvalue weighted by atomic mass is 16.5. The number of aryl methyl sites for hydroxylation is 1. The topological polar surface area (TPSA) is 110 Å². The summed E-state index contributed by atoms with van der Waals surface area (Å²) < 4.78 is 6.75. The molecule has 204 valence electrons. The first-order valence-electron chi connectivity index (χ1n) is 12.9. The molecule has 0 saturated carbocycles. The Morgan fingerprint density at radius 1 is 1.08 bits per heavy atom. The number of rotatable bonds is 9. The average molecular weight is 530 g/mol. The van der Waals surface area contributed by atoms with Gasteiger partial charge in [-0.2, -0.15) is 0 Å². The molecular weight excluding hydrogens is 494 g/mol. The van der Waals surface area contributed by atoms with Crippen molar-refractivity contribution >= 4 is 22.8 Å². The highest BCUT2D eigenvalue weighted by molar-refractivity contribution is 5.89. The lowest BCUT2D eigenvalue weighted by atomic mass is 9.99. The maximum absolute atomic E-state index is 14.0. The highest BCUT2D eigenvalue weighted by Gasteiger charge is 2.34. The first-order valence-corrected chi connectivity index (χ1v) is 12.9. The van der Waals surface area contributed by atoms with Crippen molar-refractivity contribution in [3.63, 3.8) is 0 Å². The number of hydrogen-bond donors (Lipinski definition) is 2. The van der Waals surface area contributed by atoms with Crippen LogP contribution in [0.15, 0.2) is 66.7 Å². The molecule has 0 saturated heterocycles. The number of nitrogens with one attached hydrogen (secondary N) is 1. The van der Waals surface area contributed by atoms with Crippen molar-refractivity contribution in [2.24, 2.45) is 0 Å². The van der Waals surface area contributed by atoms with Crippen molar-refractivity contribution in [3.05, 3.63) is 83.4 Å². The van der Waals surface area contributed by atoms with Gasteiger partial charge in [0.15, 0.2) is 11.5 Å². The first-order chi connectivity index (χ1) is 18.6. The van der Waals surface area contributed by atoms with Gasteiger partial charge in [0, 0.05) is 12.1 Å². The molecule has 9 heteroatoms. The number of amides is 2. The molecule has 0 radical (unpaired) electrons. The van der Waals surface area contributed by atoms with Crippen LogP contribution in [0.4, 0.5) is 0 Å². The van der Waals surface area contributed by atoms with E-state index in [9.17, 15) is 14.7 Å². The zero-order valence-corrected chi connectivity index (χ0v) is 23.0. The molecule has 9 nitrogen and oxygen atoms in total. The summed E-state index contributed by atoms with van der Waals surface area (Å²) in [6.45, 7) is 7.84. The molecule has 39 heavy (non-hydrogen) atoms. The summed E-state index contributed by atoms with van der Waals surface area (Å²) in [5, 5.41) is 21.9. The third-order valence-electron chi connectivity index (χ3n) is 6.49. The fourth-order valence-corrected chi connectivity index (χ4v) is 4.57. The smallest absolute Gasteiger partial charge is 0.247 e. The molecule has 0 aliphatic carbocycles. The Labute approximate surface area is 228 Å². The van der Waals surface area contributed by atoms with Gasteiger partial charge in [0.05, 0.1) is 12.6 Å². The number of phenolic OH excluding ortho intramolecular Hbond substituents is 1. The summed E-state index contributed by atoms with van der Waals surface area (Å²) in [5.41, 5.74) is 3.51. The van der Waals surface area contributed by atoms with Gasteiger partial charge in [-0.3, -0.25) is 9.59 Å². The molecule has 0 bridgehead atoms. The number of methoxy groups -OCH3 is 1. The molecule has 0 spiro atoms. The van der Waals surface area contributed by atoms with Gasteiger partial charge in [-0.25, -0.2) is 4.68 Å². The molecule has 4 aromatic rings.